The molecule has 0 amide bonds. The van der Waals surface area contributed by atoms with Crippen molar-refractivity contribution in [2.75, 3.05) is 13.7 Å². The number of hydrogen-bond acceptors (Lipinski definition) is 6. The summed E-state index contributed by atoms with van der Waals surface area (Å²) in [5.74, 6) is -1.51. The summed E-state index contributed by atoms with van der Waals surface area (Å²) >= 11 is 0. The van der Waals surface area contributed by atoms with Crippen LogP contribution in [0.15, 0.2) is 36.4 Å². The SMILES string of the molecule is CC/C=C\C[C@H](OC(=O)CN1C2CCC1C(C(=O)OC)C(c1ccc(F)cc1)C2)[C@@H](O)CCCCC. The van der Waals surface area contributed by atoms with Gasteiger partial charge in [-0.2, -0.15) is 0 Å². The van der Waals surface area contributed by atoms with Crippen molar-refractivity contribution in [1.29, 1.82) is 0 Å². The number of carbonyl (C=O) groups is 2. The highest BCUT2D eigenvalue weighted by Gasteiger charge is 2.51. The second-order valence-corrected chi connectivity index (χ2v) is 10.1. The Balaban J connectivity index is 1.71. The smallest absolute Gasteiger partial charge is 0.320 e. The van der Waals surface area contributed by atoms with Crippen molar-refractivity contribution in [1.82, 2.24) is 4.90 Å². The number of ether oxygens (including phenoxy) is 2. The molecule has 0 spiro atoms. The van der Waals surface area contributed by atoms with Gasteiger partial charge in [0.25, 0.3) is 0 Å². The first kappa shape index (κ1) is 28.3. The van der Waals surface area contributed by atoms with E-state index in [2.05, 4.69) is 11.8 Å². The van der Waals surface area contributed by atoms with Gasteiger partial charge in [0, 0.05) is 24.4 Å². The number of nitrogens with zero attached hydrogens (tertiary/aromatic N) is 1. The predicted molar refractivity (Wildman–Crippen MR) is 137 cm³/mol. The average Bonchev–Trinajstić information content (AvgIpc) is 3.13. The Morgan fingerprint density at radius 2 is 1.92 bits per heavy atom. The van der Waals surface area contributed by atoms with E-state index in [0.717, 1.165) is 44.1 Å². The summed E-state index contributed by atoms with van der Waals surface area (Å²) in [6.07, 6.45) is 10.0. The summed E-state index contributed by atoms with van der Waals surface area (Å²) in [7, 11) is 1.39. The van der Waals surface area contributed by atoms with Crippen molar-refractivity contribution in [2.24, 2.45) is 5.92 Å². The van der Waals surface area contributed by atoms with Crippen LogP contribution in [0.25, 0.3) is 0 Å². The Morgan fingerprint density at radius 3 is 2.58 bits per heavy atom. The number of rotatable bonds is 13. The van der Waals surface area contributed by atoms with E-state index < -0.39 is 18.1 Å². The number of esters is 2. The minimum Gasteiger partial charge on any atom is -0.469 e. The third-order valence-corrected chi connectivity index (χ3v) is 7.73. The molecule has 1 aromatic carbocycles. The number of benzene rings is 1. The number of fused-ring (bicyclic) bond motifs is 2. The largest absolute Gasteiger partial charge is 0.469 e. The molecule has 4 unspecified atom stereocenters. The van der Waals surface area contributed by atoms with E-state index in [1.807, 2.05) is 19.1 Å². The Hall–Kier alpha value is -2.25. The summed E-state index contributed by atoms with van der Waals surface area (Å²) in [6, 6.07) is 6.32. The van der Waals surface area contributed by atoms with Crippen LogP contribution in [0.1, 0.15) is 83.1 Å². The van der Waals surface area contributed by atoms with E-state index in [9.17, 15) is 19.1 Å². The predicted octanol–water partition coefficient (Wildman–Crippen LogP) is 5.14. The molecule has 2 bridgehead atoms. The molecule has 200 valence electrons. The molecule has 1 N–H and O–H groups in total. The molecule has 6 atom stereocenters. The lowest BCUT2D eigenvalue weighted by Crippen LogP contribution is -2.53. The van der Waals surface area contributed by atoms with Crippen molar-refractivity contribution in [3.05, 3.63) is 47.8 Å². The molecule has 2 saturated heterocycles. The van der Waals surface area contributed by atoms with Gasteiger partial charge in [0.15, 0.2) is 0 Å². The van der Waals surface area contributed by atoms with Crippen LogP contribution in [0.3, 0.4) is 0 Å². The first-order chi connectivity index (χ1) is 17.4. The highest BCUT2D eigenvalue weighted by molar-refractivity contribution is 5.76. The molecule has 3 rings (SSSR count). The number of aliphatic hydroxyl groups is 1. The zero-order chi connectivity index (χ0) is 26.1. The van der Waals surface area contributed by atoms with Gasteiger partial charge in [0.1, 0.15) is 11.9 Å². The maximum absolute atomic E-state index is 13.5. The number of aliphatic hydroxyl groups excluding tert-OH is 1. The van der Waals surface area contributed by atoms with Crippen LogP contribution in [0.4, 0.5) is 4.39 Å². The molecule has 0 saturated carbocycles. The summed E-state index contributed by atoms with van der Waals surface area (Å²) in [6.45, 7) is 4.23. The standard InChI is InChI=1S/C29H42FNO5/c1-4-6-8-10-25(32)26(11-9-7-5-2)36-27(33)19-31-22-16-17-24(31)28(29(34)35-3)23(18-22)20-12-14-21(30)15-13-20/h7,9,12-15,22-26,28,32H,4-6,8,10-11,16-19H2,1-3H3/b9-7-/t22?,23?,24?,25-,26-,28?/m0/s1. The third kappa shape index (κ3) is 7.16. The summed E-state index contributed by atoms with van der Waals surface area (Å²) in [4.78, 5) is 28.1. The molecule has 0 radical (unpaired) electrons. The number of methoxy groups -OCH3 is 1. The topological polar surface area (TPSA) is 76.1 Å². The maximum Gasteiger partial charge on any atom is 0.320 e. The first-order valence-corrected chi connectivity index (χ1v) is 13.5. The zero-order valence-corrected chi connectivity index (χ0v) is 21.9. The number of carbonyl (C=O) groups excluding carboxylic acids is 2. The quantitative estimate of drug-likeness (QED) is 0.228. The summed E-state index contributed by atoms with van der Waals surface area (Å²) in [5, 5.41) is 10.7. The fraction of sp³-hybridized carbons (Fsp3) is 0.655. The van der Waals surface area contributed by atoms with Gasteiger partial charge in [-0.3, -0.25) is 14.5 Å². The van der Waals surface area contributed by atoms with Crippen molar-refractivity contribution in [2.45, 2.75) is 102 Å². The fourth-order valence-electron chi connectivity index (χ4n) is 5.90. The van der Waals surface area contributed by atoms with E-state index in [1.54, 1.807) is 12.1 Å². The first-order valence-electron chi connectivity index (χ1n) is 13.5. The third-order valence-electron chi connectivity index (χ3n) is 7.73. The Labute approximate surface area is 214 Å². The normalized spacial score (nSPS) is 25.6. The van der Waals surface area contributed by atoms with Crippen LogP contribution in [-0.4, -0.2) is 59.9 Å². The van der Waals surface area contributed by atoms with Crippen LogP contribution < -0.4 is 0 Å². The molecule has 2 fully saturated rings. The van der Waals surface area contributed by atoms with E-state index in [0.29, 0.717) is 19.3 Å². The Bertz CT molecular complexity index is 873. The Kier molecular flexibility index (Phi) is 10.9. The van der Waals surface area contributed by atoms with Gasteiger partial charge in [-0.25, -0.2) is 4.39 Å². The molecular weight excluding hydrogens is 461 g/mol. The maximum atomic E-state index is 13.5. The summed E-state index contributed by atoms with van der Waals surface area (Å²) < 4.78 is 24.5. The van der Waals surface area contributed by atoms with Gasteiger partial charge in [0.05, 0.1) is 25.7 Å². The van der Waals surface area contributed by atoms with Gasteiger partial charge >= 0.3 is 11.9 Å². The number of piperidine rings is 1. The van der Waals surface area contributed by atoms with Crippen LogP contribution in [-0.2, 0) is 19.1 Å². The van der Waals surface area contributed by atoms with Crippen LogP contribution >= 0.6 is 0 Å². The zero-order valence-electron chi connectivity index (χ0n) is 21.9. The minimum absolute atomic E-state index is 0.0780. The van der Waals surface area contributed by atoms with Crippen molar-refractivity contribution < 1.29 is 28.6 Å². The van der Waals surface area contributed by atoms with E-state index in [4.69, 9.17) is 9.47 Å². The lowest BCUT2D eigenvalue weighted by Gasteiger charge is -2.43. The van der Waals surface area contributed by atoms with Crippen LogP contribution in [0.5, 0.6) is 0 Å². The molecule has 2 aliphatic rings. The van der Waals surface area contributed by atoms with Gasteiger partial charge in [-0.1, -0.05) is 57.4 Å². The van der Waals surface area contributed by atoms with Crippen molar-refractivity contribution >= 4 is 11.9 Å². The van der Waals surface area contributed by atoms with Crippen LogP contribution in [0, 0.1) is 11.7 Å². The molecule has 2 aliphatic heterocycles. The van der Waals surface area contributed by atoms with Gasteiger partial charge < -0.3 is 14.6 Å². The fourth-order valence-corrected chi connectivity index (χ4v) is 5.90. The molecule has 0 aromatic heterocycles. The number of unbranched alkanes of at least 4 members (excludes halogenated alkanes) is 2. The van der Waals surface area contributed by atoms with Gasteiger partial charge in [-0.15, -0.1) is 0 Å². The molecule has 6 nitrogen and oxygen atoms in total. The second-order valence-electron chi connectivity index (χ2n) is 10.1. The average molecular weight is 504 g/mol. The Morgan fingerprint density at radius 1 is 1.17 bits per heavy atom. The van der Waals surface area contributed by atoms with Crippen LogP contribution in [0.2, 0.25) is 0 Å². The lowest BCUT2D eigenvalue weighted by molar-refractivity contribution is -0.161. The number of hydrogen-bond donors (Lipinski definition) is 1. The molecule has 1 aromatic rings. The highest BCUT2D eigenvalue weighted by Crippen LogP contribution is 2.47. The molecular formula is C29H42FNO5. The highest BCUT2D eigenvalue weighted by atomic mass is 19.1. The lowest BCUT2D eigenvalue weighted by atomic mass is 9.76. The monoisotopic (exact) mass is 503 g/mol. The molecule has 36 heavy (non-hydrogen) atoms. The summed E-state index contributed by atoms with van der Waals surface area (Å²) in [5.41, 5.74) is 0.920. The van der Waals surface area contributed by atoms with Crippen molar-refractivity contribution in [3.63, 3.8) is 0 Å². The number of halogens is 1. The molecule has 2 heterocycles. The van der Waals surface area contributed by atoms with E-state index in [-0.39, 0.29) is 42.3 Å². The van der Waals surface area contributed by atoms with E-state index in [1.165, 1.54) is 19.2 Å². The van der Waals surface area contributed by atoms with Gasteiger partial charge in [-0.05, 0) is 49.8 Å². The van der Waals surface area contributed by atoms with Gasteiger partial charge in [0.2, 0.25) is 0 Å². The molecule has 7 heteroatoms. The number of allylic oxidation sites excluding steroid dienone is 1. The van der Waals surface area contributed by atoms with E-state index >= 15 is 0 Å². The molecule has 0 aliphatic carbocycles. The van der Waals surface area contributed by atoms with Crippen molar-refractivity contribution in [3.8, 4) is 0 Å². The minimum atomic E-state index is -0.703. The second kappa shape index (κ2) is 13.9.